The van der Waals surface area contributed by atoms with Crippen molar-refractivity contribution in [2.45, 2.75) is 6.18 Å². The van der Waals surface area contributed by atoms with E-state index < -0.39 is 49.6 Å². The van der Waals surface area contributed by atoms with E-state index in [0.29, 0.717) is 12.3 Å². The molecule has 2 N–H and O–H groups in total. The highest BCUT2D eigenvalue weighted by molar-refractivity contribution is 7.91. The van der Waals surface area contributed by atoms with Crippen molar-refractivity contribution < 1.29 is 21.6 Å². The van der Waals surface area contributed by atoms with Crippen molar-refractivity contribution in [3.8, 4) is 11.8 Å². The Morgan fingerprint density at radius 1 is 1.29 bits per heavy atom. The summed E-state index contributed by atoms with van der Waals surface area (Å²) in [6, 6.07) is 3.03. The normalized spacial score (nSPS) is 12.1. The molecule has 0 atom stereocenters. The first-order valence-corrected chi connectivity index (χ1v) is 9.12. The summed E-state index contributed by atoms with van der Waals surface area (Å²) in [7, 11) is -4.02. The number of rotatable bonds is 3. The number of H-pyrrole nitrogens is 1. The molecule has 0 bridgehead atoms. The third-order valence-corrected chi connectivity index (χ3v) is 4.07. The highest BCUT2D eigenvalue weighted by Crippen LogP contribution is 2.35. The number of benzene rings is 1. The van der Waals surface area contributed by atoms with Crippen LogP contribution in [0.5, 0.6) is 0 Å². The molecule has 2 aromatic heterocycles. The molecule has 146 valence electrons. The fourth-order valence-corrected chi connectivity index (χ4v) is 2.95. The Morgan fingerprint density at radius 2 is 1.96 bits per heavy atom. The van der Waals surface area contributed by atoms with Crippen molar-refractivity contribution in [3.63, 3.8) is 0 Å². The maximum atomic E-state index is 13.5. The minimum absolute atomic E-state index is 0.128. The number of aromatic amines is 1. The van der Waals surface area contributed by atoms with E-state index in [9.17, 15) is 31.2 Å². The second-order valence-electron chi connectivity index (χ2n) is 5.62. The van der Waals surface area contributed by atoms with Crippen LogP contribution >= 0.6 is 0 Å². The second kappa shape index (κ2) is 6.23. The summed E-state index contributed by atoms with van der Waals surface area (Å²) in [5.74, 6) is 0. The van der Waals surface area contributed by atoms with Gasteiger partial charge < -0.3 is 9.55 Å². The molecule has 2 heterocycles. The standard InChI is InChI=1S/C14H9F3N6O4S/c1-28(26,27)21-23-12(24)8-2-11(22-5-7(4-18)19-6-22)9(14(15,16)17)3-10(8)20-13(23)25/h2-3,5-6,21H,1H3,(H,20,25). The van der Waals surface area contributed by atoms with Crippen LogP contribution in [0.4, 0.5) is 13.2 Å². The van der Waals surface area contributed by atoms with Gasteiger partial charge in [-0.25, -0.2) is 23.0 Å². The van der Waals surface area contributed by atoms with Gasteiger partial charge in [0.15, 0.2) is 5.69 Å². The van der Waals surface area contributed by atoms with Crippen LogP contribution in [0.2, 0.25) is 0 Å². The van der Waals surface area contributed by atoms with Gasteiger partial charge in [-0.05, 0) is 12.1 Å². The van der Waals surface area contributed by atoms with E-state index in [1.807, 2.05) is 4.98 Å². The molecule has 0 radical (unpaired) electrons. The monoisotopic (exact) mass is 414 g/mol. The molecule has 10 nitrogen and oxygen atoms in total. The van der Waals surface area contributed by atoms with Crippen molar-refractivity contribution in [1.82, 2.24) is 19.2 Å². The largest absolute Gasteiger partial charge is 0.418 e. The Morgan fingerprint density at radius 3 is 2.50 bits per heavy atom. The van der Waals surface area contributed by atoms with Crippen molar-refractivity contribution in [3.05, 3.63) is 56.8 Å². The van der Waals surface area contributed by atoms with Gasteiger partial charge in [0.1, 0.15) is 12.4 Å². The minimum Gasteiger partial charge on any atom is -0.305 e. The molecule has 3 aromatic rings. The topological polar surface area (TPSA) is 143 Å². The van der Waals surface area contributed by atoms with Crippen molar-refractivity contribution in [1.29, 1.82) is 5.26 Å². The molecule has 0 aliphatic heterocycles. The number of imidazole rings is 1. The number of nitrogens with zero attached hydrogens (tertiary/aromatic N) is 4. The number of hydrogen-bond acceptors (Lipinski definition) is 6. The first kappa shape index (κ1) is 19.2. The maximum Gasteiger partial charge on any atom is 0.418 e. The van der Waals surface area contributed by atoms with Crippen molar-refractivity contribution in [2.75, 3.05) is 11.1 Å². The molecule has 14 heteroatoms. The highest BCUT2D eigenvalue weighted by Gasteiger charge is 2.35. The van der Waals surface area contributed by atoms with E-state index in [4.69, 9.17) is 5.26 Å². The number of halogens is 3. The van der Waals surface area contributed by atoms with Gasteiger partial charge in [-0.15, -0.1) is 0 Å². The molecule has 0 saturated carbocycles. The van der Waals surface area contributed by atoms with Gasteiger partial charge in [-0.3, -0.25) is 4.79 Å². The van der Waals surface area contributed by atoms with E-state index in [-0.39, 0.29) is 10.4 Å². The van der Waals surface area contributed by atoms with E-state index in [2.05, 4.69) is 4.98 Å². The number of fused-ring (bicyclic) bond motifs is 1. The highest BCUT2D eigenvalue weighted by atomic mass is 32.2. The average molecular weight is 414 g/mol. The summed E-state index contributed by atoms with van der Waals surface area (Å²) >= 11 is 0. The van der Waals surface area contributed by atoms with Crippen LogP contribution in [-0.2, 0) is 16.2 Å². The molecule has 1 aromatic carbocycles. The molecule has 0 saturated heterocycles. The summed E-state index contributed by atoms with van der Waals surface area (Å²) in [6.45, 7) is 0. The van der Waals surface area contributed by atoms with Crippen LogP contribution in [0.1, 0.15) is 11.3 Å². The zero-order chi connectivity index (χ0) is 20.9. The van der Waals surface area contributed by atoms with E-state index in [0.717, 1.165) is 23.2 Å². The van der Waals surface area contributed by atoms with Gasteiger partial charge in [0.2, 0.25) is 10.0 Å². The fraction of sp³-hybridized carbons (Fsp3) is 0.143. The van der Waals surface area contributed by atoms with Gasteiger partial charge >= 0.3 is 11.9 Å². The lowest BCUT2D eigenvalue weighted by atomic mass is 10.1. The lowest BCUT2D eigenvalue weighted by Crippen LogP contribution is -2.43. The van der Waals surface area contributed by atoms with Crippen molar-refractivity contribution in [2.24, 2.45) is 0 Å². The second-order valence-corrected chi connectivity index (χ2v) is 7.35. The van der Waals surface area contributed by atoms with Gasteiger partial charge in [-0.2, -0.15) is 23.1 Å². The predicted molar refractivity (Wildman–Crippen MR) is 89.9 cm³/mol. The molecular weight excluding hydrogens is 405 g/mol. The SMILES string of the molecule is CS(=O)(=O)Nn1c(=O)[nH]c2cc(C(F)(F)F)c(-n3cnc(C#N)c3)cc2c1=O. The van der Waals surface area contributed by atoms with Crippen LogP contribution in [-0.4, -0.2) is 33.9 Å². The van der Waals surface area contributed by atoms with E-state index >= 15 is 0 Å². The Bertz CT molecular complexity index is 1360. The number of nitrogens with one attached hydrogen (secondary N) is 2. The Kier molecular flexibility index (Phi) is 4.27. The molecule has 0 fully saturated rings. The molecule has 0 aliphatic rings. The smallest absolute Gasteiger partial charge is 0.305 e. The first-order chi connectivity index (χ1) is 12.9. The number of nitriles is 1. The number of alkyl halides is 3. The molecule has 28 heavy (non-hydrogen) atoms. The third kappa shape index (κ3) is 3.47. The summed E-state index contributed by atoms with van der Waals surface area (Å²) < 4.78 is 64.2. The summed E-state index contributed by atoms with van der Waals surface area (Å²) in [5, 5.41) is 8.41. The number of aromatic nitrogens is 4. The van der Waals surface area contributed by atoms with E-state index in [1.54, 1.807) is 10.9 Å². The summed E-state index contributed by atoms with van der Waals surface area (Å²) in [6.07, 6.45) is -2.20. The van der Waals surface area contributed by atoms with Gasteiger partial charge in [0.05, 0.1) is 28.4 Å². The van der Waals surface area contributed by atoms with Crippen LogP contribution in [0.3, 0.4) is 0 Å². The van der Waals surface area contributed by atoms with Crippen LogP contribution in [0, 0.1) is 11.3 Å². The Labute approximate surface area is 153 Å². The van der Waals surface area contributed by atoms with Gasteiger partial charge in [-0.1, -0.05) is 0 Å². The molecule has 0 aliphatic carbocycles. The molecule has 0 amide bonds. The molecular formula is C14H9F3N6O4S. The maximum absolute atomic E-state index is 13.5. The minimum atomic E-state index is -4.86. The third-order valence-electron chi connectivity index (χ3n) is 3.55. The average Bonchev–Trinajstić information content (AvgIpc) is 3.05. The first-order valence-electron chi connectivity index (χ1n) is 7.23. The lowest BCUT2D eigenvalue weighted by Gasteiger charge is -2.15. The van der Waals surface area contributed by atoms with Gasteiger partial charge in [0.25, 0.3) is 5.56 Å². The zero-order valence-electron chi connectivity index (χ0n) is 13.8. The van der Waals surface area contributed by atoms with Gasteiger partial charge in [0, 0.05) is 6.20 Å². The van der Waals surface area contributed by atoms with Crippen LogP contribution < -0.4 is 16.1 Å². The zero-order valence-corrected chi connectivity index (χ0v) is 14.6. The van der Waals surface area contributed by atoms with Crippen molar-refractivity contribution >= 4 is 20.9 Å². The van der Waals surface area contributed by atoms with Crippen LogP contribution in [0.15, 0.2) is 34.2 Å². The molecule has 0 unspecified atom stereocenters. The summed E-state index contributed by atoms with van der Waals surface area (Å²) in [5.41, 5.74) is -4.79. The molecule has 3 rings (SSSR count). The predicted octanol–water partition coefficient (Wildman–Crippen LogP) is 0.269. The molecule has 0 spiro atoms. The quantitative estimate of drug-likeness (QED) is 0.630. The van der Waals surface area contributed by atoms with E-state index in [1.165, 1.54) is 0 Å². The van der Waals surface area contributed by atoms with Crippen LogP contribution in [0.25, 0.3) is 16.6 Å². The summed E-state index contributed by atoms with van der Waals surface area (Å²) in [4.78, 5) is 31.8. The lowest BCUT2D eigenvalue weighted by molar-refractivity contribution is -0.137. The fourth-order valence-electron chi connectivity index (χ4n) is 2.45. The number of sulfonamides is 1. The Hall–Kier alpha value is -3.60. The number of hydrogen-bond donors (Lipinski definition) is 2. The Balaban J connectivity index is 2.40.